The van der Waals surface area contributed by atoms with Crippen molar-refractivity contribution in [3.8, 4) is 11.5 Å². The second-order valence-electron chi connectivity index (χ2n) is 3.98. The van der Waals surface area contributed by atoms with Crippen molar-refractivity contribution in [2.75, 3.05) is 13.7 Å². The highest BCUT2D eigenvalue weighted by atomic mass is 16.5. The van der Waals surface area contributed by atoms with E-state index in [4.69, 9.17) is 9.47 Å². The van der Waals surface area contributed by atoms with Crippen molar-refractivity contribution in [3.63, 3.8) is 0 Å². The minimum atomic E-state index is -0.605. The van der Waals surface area contributed by atoms with E-state index in [1.807, 2.05) is 13.8 Å². The summed E-state index contributed by atoms with van der Waals surface area (Å²) in [6.45, 7) is 4.24. The fourth-order valence-electron chi connectivity index (χ4n) is 1.79. The summed E-state index contributed by atoms with van der Waals surface area (Å²) in [5, 5.41) is 9.73. The second kappa shape index (κ2) is 7.01. The molecule has 1 atom stereocenters. The van der Waals surface area contributed by atoms with Gasteiger partial charge in [-0.2, -0.15) is 0 Å². The number of phenolic OH excluding ortho intramolecular Hbond substituents is 1. The zero-order valence-electron chi connectivity index (χ0n) is 11.1. The lowest BCUT2D eigenvalue weighted by molar-refractivity contribution is -0.130. The van der Waals surface area contributed by atoms with Gasteiger partial charge in [0.1, 0.15) is 6.10 Å². The van der Waals surface area contributed by atoms with E-state index in [0.29, 0.717) is 24.3 Å². The summed E-state index contributed by atoms with van der Waals surface area (Å²) in [6, 6.07) is 4.90. The number of Topliss-reactive ketones (excluding diaryl/α,β-unsaturated/α-hetero) is 1. The maximum absolute atomic E-state index is 12.0. The van der Waals surface area contributed by atoms with E-state index >= 15 is 0 Å². The molecule has 4 nitrogen and oxygen atoms in total. The summed E-state index contributed by atoms with van der Waals surface area (Å²) < 4.78 is 10.4. The Hall–Kier alpha value is -1.55. The van der Waals surface area contributed by atoms with Crippen LogP contribution in [-0.4, -0.2) is 24.6 Å². The molecule has 0 heterocycles. The Morgan fingerprint density at radius 3 is 2.61 bits per heavy atom. The van der Waals surface area contributed by atoms with E-state index in [1.165, 1.54) is 13.2 Å². The first-order valence-corrected chi connectivity index (χ1v) is 6.15. The molecular weight excluding hydrogens is 232 g/mol. The normalized spacial score (nSPS) is 12.2. The molecule has 4 heteroatoms. The number of benzene rings is 1. The van der Waals surface area contributed by atoms with E-state index in [9.17, 15) is 9.90 Å². The van der Waals surface area contributed by atoms with Gasteiger partial charge < -0.3 is 14.6 Å². The molecule has 0 aliphatic rings. The summed E-state index contributed by atoms with van der Waals surface area (Å²) in [4.78, 5) is 12.0. The highest BCUT2D eigenvalue weighted by Crippen LogP contribution is 2.31. The zero-order valence-corrected chi connectivity index (χ0v) is 11.1. The van der Waals surface area contributed by atoms with Gasteiger partial charge >= 0.3 is 0 Å². The predicted molar refractivity (Wildman–Crippen MR) is 68.9 cm³/mol. The van der Waals surface area contributed by atoms with Gasteiger partial charge in [0.15, 0.2) is 17.3 Å². The van der Waals surface area contributed by atoms with Crippen molar-refractivity contribution in [3.05, 3.63) is 23.8 Å². The van der Waals surface area contributed by atoms with E-state index in [1.54, 1.807) is 12.1 Å². The Morgan fingerprint density at radius 2 is 2.11 bits per heavy atom. The van der Waals surface area contributed by atoms with Crippen LogP contribution in [-0.2, 0) is 9.53 Å². The molecule has 1 unspecified atom stereocenters. The van der Waals surface area contributed by atoms with Gasteiger partial charge in [0.2, 0.25) is 0 Å². The number of methoxy groups -OCH3 is 1. The van der Waals surface area contributed by atoms with Gasteiger partial charge in [-0.1, -0.05) is 13.0 Å². The van der Waals surface area contributed by atoms with Gasteiger partial charge in [-0.15, -0.1) is 0 Å². The van der Waals surface area contributed by atoms with Gasteiger partial charge in [-0.3, -0.25) is 4.79 Å². The number of ketones is 1. The third kappa shape index (κ3) is 3.47. The standard InChI is InChI=1S/C14H20O4/c1-4-6-11(15)14(18-5-2)10-7-8-13(17-3)12(16)9-10/h7-9,14,16H,4-6H2,1-3H3. The molecule has 1 aromatic carbocycles. The number of hydrogen-bond acceptors (Lipinski definition) is 4. The Morgan fingerprint density at radius 1 is 1.39 bits per heavy atom. The number of carbonyl (C=O) groups is 1. The van der Waals surface area contributed by atoms with Crippen molar-refractivity contribution >= 4 is 5.78 Å². The molecule has 0 aliphatic carbocycles. The highest BCUT2D eigenvalue weighted by Gasteiger charge is 2.21. The highest BCUT2D eigenvalue weighted by molar-refractivity contribution is 5.84. The first kappa shape index (κ1) is 14.5. The molecular formula is C14H20O4. The van der Waals surface area contributed by atoms with Crippen LogP contribution in [0.4, 0.5) is 0 Å². The maximum atomic E-state index is 12.0. The summed E-state index contributed by atoms with van der Waals surface area (Å²) in [7, 11) is 1.48. The van der Waals surface area contributed by atoms with Gasteiger partial charge in [0, 0.05) is 13.0 Å². The Balaban J connectivity index is 2.98. The fraction of sp³-hybridized carbons (Fsp3) is 0.500. The number of aromatic hydroxyl groups is 1. The van der Waals surface area contributed by atoms with Crippen LogP contribution in [0.3, 0.4) is 0 Å². The molecule has 0 spiro atoms. The molecule has 0 aromatic heterocycles. The number of carbonyl (C=O) groups excluding carboxylic acids is 1. The molecule has 1 N–H and O–H groups in total. The third-order valence-electron chi connectivity index (χ3n) is 2.63. The van der Waals surface area contributed by atoms with E-state index in [2.05, 4.69) is 0 Å². The Kier molecular flexibility index (Phi) is 5.65. The van der Waals surface area contributed by atoms with E-state index in [0.717, 1.165) is 6.42 Å². The SMILES string of the molecule is CCCC(=O)C(OCC)c1ccc(OC)c(O)c1. The van der Waals surface area contributed by atoms with Crippen LogP contribution in [0.15, 0.2) is 18.2 Å². The first-order valence-electron chi connectivity index (χ1n) is 6.15. The molecule has 18 heavy (non-hydrogen) atoms. The first-order chi connectivity index (χ1) is 8.63. The predicted octanol–water partition coefficient (Wildman–Crippen LogP) is 2.85. The number of hydrogen-bond donors (Lipinski definition) is 1. The molecule has 0 aliphatic heterocycles. The summed E-state index contributed by atoms with van der Waals surface area (Å²) in [5.74, 6) is 0.435. The molecule has 0 fully saturated rings. The number of phenols is 1. The molecule has 1 aromatic rings. The number of rotatable bonds is 7. The largest absolute Gasteiger partial charge is 0.504 e. The van der Waals surface area contributed by atoms with Crippen molar-refractivity contribution in [2.45, 2.75) is 32.8 Å². The summed E-state index contributed by atoms with van der Waals surface area (Å²) >= 11 is 0. The van der Waals surface area contributed by atoms with E-state index in [-0.39, 0.29) is 11.5 Å². The van der Waals surface area contributed by atoms with Crippen LogP contribution in [0.1, 0.15) is 38.4 Å². The maximum Gasteiger partial charge on any atom is 0.166 e. The Labute approximate surface area is 108 Å². The molecule has 0 bridgehead atoms. The van der Waals surface area contributed by atoms with Gasteiger partial charge in [0.05, 0.1) is 7.11 Å². The number of ether oxygens (including phenoxy) is 2. The van der Waals surface area contributed by atoms with Crippen LogP contribution >= 0.6 is 0 Å². The van der Waals surface area contributed by atoms with Crippen LogP contribution in [0.5, 0.6) is 11.5 Å². The molecule has 1 rings (SSSR count). The molecule has 100 valence electrons. The lowest BCUT2D eigenvalue weighted by Crippen LogP contribution is -2.15. The van der Waals surface area contributed by atoms with Crippen molar-refractivity contribution in [1.82, 2.24) is 0 Å². The lowest BCUT2D eigenvalue weighted by Gasteiger charge is -2.17. The van der Waals surface area contributed by atoms with Crippen molar-refractivity contribution in [1.29, 1.82) is 0 Å². The van der Waals surface area contributed by atoms with Crippen LogP contribution in [0.2, 0.25) is 0 Å². The Bertz CT molecular complexity index is 401. The monoisotopic (exact) mass is 252 g/mol. The van der Waals surface area contributed by atoms with Crippen molar-refractivity contribution in [2.24, 2.45) is 0 Å². The minimum absolute atomic E-state index is 0.0176. The zero-order chi connectivity index (χ0) is 13.5. The summed E-state index contributed by atoms with van der Waals surface area (Å²) in [5.41, 5.74) is 0.661. The van der Waals surface area contributed by atoms with E-state index < -0.39 is 6.10 Å². The smallest absolute Gasteiger partial charge is 0.166 e. The van der Waals surface area contributed by atoms with Crippen molar-refractivity contribution < 1.29 is 19.4 Å². The topological polar surface area (TPSA) is 55.8 Å². The molecule has 0 radical (unpaired) electrons. The van der Waals surface area contributed by atoms with Gasteiger partial charge in [0.25, 0.3) is 0 Å². The van der Waals surface area contributed by atoms with Crippen LogP contribution in [0, 0.1) is 0 Å². The quantitative estimate of drug-likeness (QED) is 0.810. The van der Waals surface area contributed by atoms with Gasteiger partial charge in [-0.05, 0) is 31.0 Å². The third-order valence-corrected chi connectivity index (χ3v) is 2.63. The lowest BCUT2D eigenvalue weighted by atomic mass is 10.0. The average Bonchev–Trinajstić information content (AvgIpc) is 2.36. The summed E-state index contributed by atoms with van der Waals surface area (Å²) in [6.07, 6.45) is 0.647. The molecule has 0 saturated carbocycles. The molecule has 0 amide bonds. The average molecular weight is 252 g/mol. The minimum Gasteiger partial charge on any atom is -0.504 e. The fourth-order valence-corrected chi connectivity index (χ4v) is 1.79. The van der Waals surface area contributed by atoms with Crippen LogP contribution < -0.4 is 4.74 Å². The molecule has 0 saturated heterocycles. The van der Waals surface area contributed by atoms with Crippen LogP contribution in [0.25, 0.3) is 0 Å². The van der Waals surface area contributed by atoms with Gasteiger partial charge in [-0.25, -0.2) is 0 Å². The second-order valence-corrected chi connectivity index (χ2v) is 3.98.